The van der Waals surface area contributed by atoms with Crippen LogP contribution >= 0.6 is 35.0 Å². The van der Waals surface area contributed by atoms with Gasteiger partial charge >= 0.3 is 0 Å². The average Bonchev–Trinajstić information content (AvgIpc) is 2.97. The molecule has 0 spiro atoms. The number of hydrogen-bond donors (Lipinski definition) is 1. The standard InChI is InChI=1S/C22H21Cl2N3OS/c1-14-11-17(15(2)27(14)20-6-4-5-19(24)12-20)13-25-26-22(28)16(3)29-21-9-7-18(23)8-10-21/h4-13,16H,1-3H3,(H,26,28)/b25-13-/t16-/m1/s1. The average molecular weight is 446 g/mol. The Kier molecular flexibility index (Phi) is 7.06. The van der Waals surface area contributed by atoms with Crippen molar-refractivity contribution in [1.29, 1.82) is 0 Å². The van der Waals surface area contributed by atoms with Gasteiger partial charge in [0.2, 0.25) is 0 Å². The van der Waals surface area contributed by atoms with E-state index in [1.165, 1.54) is 11.8 Å². The van der Waals surface area contributed by atoms with Crippen LogP contribution in [0.4, 0.5) is 0 Å². The van der Waals surface area contributed by atoms with Crippen LogP contribution in [-0.4, -0.2) is 21.9 Å². The topological polar surface area (TPSA) is 46.4 Å². The van der Waals surface area contributed by atoms with Crippen LogP contribution in [0.25, 0.3) is 5.69 Å². The predicted molar refractivity (Wildman–Crippen MR) is 123 cm³/mol. The maximum absolute atomic E-state index is 12.3. The van der Waals surface area contributed by atoms with Crippen molar-refractivity contribution in [3.05, 3.63) is 81.6 Å². The highest BCUT2D eigenvalue weighted by Gasteiger charge is 2.14. The fraction of sp³-hybridized carbons (Fsp3) is 0.182. The van der Waals surface area contributed by atoms with Crippen LogP contribution in [0.15, 0.2) is 64.6 Å². The summed E-state index contributed by atoms with van der Waals surface area (Å²) in [5.74, 6) is -0.162. The Hall–Kier alpha value is -2.21. The molecule has 1 amide bonds. The second-order valence-corrected chi connectivity index (χ2v) is 8.88. The van der Waals surface area contributed by atoms with Gasteiger partial charge in [0.15, 0.2) is 0 Å². The molecule has 0 aliphatic rings. The minimum Gasteiger partial charge on any atom is -0.318 e. The summed E-state index contributed by atoms with van der Waals surface area (Å²) in [6.07, 6.45) is 1.67. The lowest BCUT2D eigenvalue weighted by molar-refractivity contribution is -0.120. The summed E-state index contributed by atoms with van der Waals surface area (Å²) in [5, 5.41) is 5.22. The lowest BCUT2D eigenvalue weighted by atomic mass is 10.2. The molecule has 7 heteroatoms. The minimum absolute atomic E-state index is 0.162. The number of rotatable bonds is 6. The summed E-state index contributed by atoms with van der Waals surface area (Å²) in [6, 6.07) is 17.1. The molecule has 4 nitrogen and oxygen atoms in total. The molecule has 0 saturated heterocycles. The van der Waals surface area contributed by atoms with Crippen LogP contribution in [0.5, 0.6) is 0 Å². The summed E-state index contributed by atoms with van der Waals surface area (Å²) < 4.78 is 2.11. The van der Waals surface area contributed by atoms with Crippen molar-refractivity contribution in [2.24, 2.45) is 5.10 Å². The molecule has 0 unspecified atom stereocenters. The number of carbonyl (C=O) groups is 1. The molecular formula is C22H21Cl2N3OS. The largest absolute Gasteiger partial charge is 0.318 e. The van der Waals surface area contributed by atoms with Gasteiger partial charge in [0.05, 0.1) is 11.5 Å². The fourth-order valence-corrected chi connectivity index (χ4v) is 4.13. The number of hydrazone groups is 1. The molecule has 1 atom stereocenters. The number of aromatic nitrogens is 1. The van der Waals surface area contributed by atoms with Crippen molar-refractivity contribution < 1.29 is 4.79 Å². The van der Waals surface area contributed by atoms with E-state index < -0.39 is 0 Å². The number of nitrogens with zero attached hydrogens (tertiary/aromatic N) is 2. The van der Waals surface area contributed by atoms with E-state index in [0.29, 0.717) is 10.0 Å². The fourth-order valence-electron chi connectivity index (χ4n) is 2.96. The summed E-state index contributed by atoms with van der Waals surface area (Å²) in [5.41, 5.74) is 6.62. The molecule has 29 heavy (non-hydrogen) atoms. The van der Waals surface area contributed by atoms with E-state index in [4.69, 9.17) is 23.2 Å². The van der Waals surface area contributed by atoms with Gasteiger partial charge in [-0.2, -0.15) is 5.10 Å². The number of aryl methyl sites for hydroxylation is 1. The van der Waals surface area contributed by atoms with E-state index in [9.17, 15) is 4.79 Å². The highest BCUT2D eigenvalue weighted by molar-refractivity contribution is 8.00. The number of hydrogen-bond acceptors (Lipinski definition) is 3. The third kappa shape index (κ3) is 5.44. The zero-order valence-electron chi connectivity index (χ0n) is 16.3. The lowest BCUT2D eigenvalue weighted by Crippen LogP contribution is -2.26. The van der Waals surface area contributed by atoms with Gasteiger partial charge in [-0.15, -0.1) is 11.8 Å². The SMILES string of the molecule is Cc1cc(/C=N\NC(=O)[C@@H](C)Sc2ccc(Cl)cc2)c(C)n1-c1cccc(Cl)c1. The van der Waals surface area contributed by atoms with Gasteiger partial charge in [0.1, 0.15) is 0 Å². The Labute approximate surface area is 184 Å². The molecule has 0 aliphatic carbocycles. The van der Waals surface area contributed by atoms with Crippen molar-refractivity contribution in [3.8, 4) is 5.69 Å². The van der Waals surface area contributed by atoms with Crippen LogP contribution in [-0.2, 0) is 4.79 Å². The molecule has 0 saturated carbocycles. The Balaban J connectivity index is 1.66. The zero-order chi connectivity index (χ0) is 21.0. The third-order valence-electron chi connectivity index (χ3n) is 4.41. The number of amides is 1. The van der Waals surface area contributed by atoms with Crippen molar-refractivity contribution >= 4 is 47.1 Å². The van der Waals surface area contributed by atoms with E-state index in [0.717, 1.165) is 27.5 Å². The Bertz CT molecular complexity index is 1040. The molecule has 1 heterocycles. The number of thioether (sulfide) groups is 1. The number of halogens is 2. The van der Waals surface area contributed by atoms with Crippen molar-refractivity contribution in [3.63, 3.8) is 0 Å². The quantitative estimate of drug-likeness (QED) is 0.285. The van der Waals surface area contributed by atoms with Crippen LogP contribution in [0.3, 0.4) is 0 Å². The molecule has 0 bridgehead atoms. The highest BCUT2D eigenvalue weighted by atomic mass is 35.5. The van der Waals surface area contributed by atoms with E-state index >= 15 is 0 Å². The van der Waals surface area contributed by atoms with E-state index in [-0.39, 0.29) is 11.2 Å². The minimum atomic E-state index is -0.285. The van der Waals surface area contributed by atoms with Gasteiger partial charge in [-0.3, -0.25) is 4.79 Å². The first-order valence-electron chi connectivity index (χ1n) is 9.05. The summed E-state index contributed by atoms with van der Waals surface area (Å²) in [4.78, 5) is 13.3. The lowest BCUT2D eigenvalue weighted by Gasteiger charge is -2.10. The molecule has 0 radical (unpaired) electrons. The summed E-state index contributed by atoms with van der Waals surface area (Å²) in [6.45, 7) is 5.87. The number of carbonyl (C=O) groups excluding carboxylic acids is 1. The summed E-state index contributed by atoms with van der Waals surface area (Å²) in [7, 11) is 0. The predicted octanol–water partition coefficient (Wildman–Crippen LogP) is 6.03. The van der Waals surface area contributed by atoms with Crippen molar-refractivity contribution in [1.82, 2.24) is 9.99 Å². The smallest absolute Gasteiger partial charge is 0.253 e. The number of benzene rings is 2. The van der Waals surface area contributed by atoms with Gasteiger partial charge in [0.25, 0.3) is 5.91 Å². The van der Waals surface area contributed by atoms with Gasteiger partial charge in [-0.05, 0) is 69.3 Å². The first kappa shape index (κ1) is 21.5. The van der Waals surface area contributed by atoms with Crippen molar-refractivity contribution in [2.75, 3.05) is 0 Å². The third-order valence-corrected chi connectivity index (χ3v) is 6.01. The molecule has 1 aromatic heterocycles. The van der Waals surface area contributed by atoms with Gasteiger partial charge in [-0.25, -0.2) is 5.43 Å². The first-order valence-corrected chi connectivity index (χ1v) is 10.7. The zero-order valence-corrected chi connectivity index (χ0v) is 18.6. The van der Waals surface area contributed by atoms with Crippen LogP contribution < -0.4 is 5.43 Å². The van der Waals surface area contributed by atoms with Crippen LogP contribution in [0, 0.1) is 13.8 Å². The maximum Gasteiger partial charge on any atom is 0.253 e. The van der Waals surface area contributed by atoms with Gasteiger partial charge < -0.3 is 4.57 Å². The normalized spacial score (nSPS) is 12.3. The molecule has 150 valence electrons. The first-order chi connectivity index (χ1) is 13.8. The highest BCUT2D eigenvalue weighted by Crippen LogP contribution is 2.25. The molecular weight excluding hydrogens is 425 g/mol. The van der Waals surface area contributed by atoms with Crippen LogP contribution in [0.2, 0.25) is 10.0 Å². The molecule has 3 aromatic rings. The van der Waals surface area contributed by atoms with E-state index in [1.807, 2.05) is 75.4 Å². The Morgan fingerprint density at radius 1 is 1.10 bits per heavy atom. The Morgan fingerprint density at radius 2 is 1.83 bits per heavy atom. The molecule has 3 rings (SSSR count). The van der Waals surface area contributed by atoms with E-state index in [2.05, 4.69) is 15.1 Å². The van der Waals surface area contributed by atoms with Gasteiger partial charge in [-0.1, -0.05) is 29.3 Å². The maximum atomic E-state index is 12.3. The van der Waals surface area contributed by atoms with E-state index in [1.54, 1.807) is 6.21 Å². The number of nitrogens with one attached hydrogen (secondary N) is 1. The molecule has 2 aromatic carbocycles. The molecule has 1 N–H and O–H groups in total. The monoisotopic (exact) mass is 445 g/mol. The second kappa shape index (κ2) is 9.53. The molecule has 0 fully saturated rings. The summed E-state index contributed by atoms with van der Waals surface area (Å²) >= 11 is 13.5. The van der Waals surface area contributed by atoms with Crippen LogP contribution in [0.1, 0.15) is 23.9 Å². The van der Waals surface area contributed by atoms with Gasteiger partial charge in [0, 0.05) is 37.6 Å². The molecule has 0 aliphatic heterocycles. The second-order valence-electron chi connectivity index (χ2n) is 6.59. The Morgan fingerprint density at radius 3 is 2.52 bits per heavy atom. The van der Waals surface area contributed by atoms with Crippen molar-refractivity contribution in [2.45, 2.75) is 30.9 Å².